The van der Waals surface area contributed by atoms with E-state index >= 15 is 0 Å². The van der Waals surface area contributed by atoms with Crippen molar-refractivity contribution in [3.63, 3.8) is 0 Å². The first-order valence-electron chi connectivity index (χ1n) is 12.2. The van der Waals surface area contributed by atoms with Crippen molar-refractivity contribution in [2.45, 2.75) is 83.0 Å². The number of carbonyl (C=O) groups excluding carboxylic acids is 4. The number of carbonyl (C=O) groups is 6. The highest BCUT2D eigenvalue weighted by molar-refractivity contribution is 5.95. The van der Waals surface area contributed by atoms with Crippen LogP contribution in [0, 0.1) is 5.92 Å². The third-order valence-corrected chi connectivity index (χ3v) is 5.69. The van der Waals surface area contributed by atoms with Gasteiger partial charge in [0.25, 0.3) is 0 Å². The minimum Gasteiger partial charge on any atom is -0.481 e. The Balaban J connectivity index is 5.44. The van der Waals surface area contributed by atoms with Crippen LogP contribution in [0.3, 0.4) is 0 Å². The van der Waals surface area contributed by atoms with Gasteiger partial charge in [0, 0.05) is 6.54 Å². The van der Waals surface area contributed by atoms with Crippen molar-refractivity contribution < 1.29 is 39.0 Å². The fourth-order valence-corrected chi connectivity index (χ4v) is 3.29. The van der Waals surface area contributed by atoms with Gasteiger partial charge in [-0.25, -0.2) is 9.59 Å². The average molecular weight is 532 g/mol. The summed E-state index contributed by atoms with van der Waals surface area (Å²) in [6, 6.07) is -5.79. The van der Waals surface area contributed by atoms with E-state index in [1.165, 1.54) is 0 Å². The maximum Gasteiger partial charge on any atom is 0.326 e. The first-order valence-corrected chi connectivity index (χ1v) is 12.2. The molecular weight excluding hydrogens is 490 g/mol. The molecule has 37 heavy (non-hydrogen) atoms. The standard InChI is InChI=1S/C22H41N7O8/c1-3-12(2)17(20(34)27-14(21(35)36)8-6-10-26-22(25)37)29-19(33)15(11-16(30)31)28-18(32)13(24)7-4-5-9-23/h12-15,17H,3-11,23-24H2,1-2H3,(H,27,34)(H,28,32)(H,29,33)(H,30,31)(H,35,36)(H3,25,26,37)/t12-,13-,14-,15-,17-/m0/s1. The van der Waals surface area contributed by atoms with E-state index in [1.807, 2.05) is 0 Å². The predicted molar refractivity (Wildman–Crippen MR) is 133 cm³/mol. The minimum absolute atomic E-state index is 0.0255. The smallest absolute Gasteiger partial charge is 0.326 e. The lowest BCUT2D eigenvalue weighted by Crippen LogP contribution is -2.59. The summed E-state index contributed by atoms with van der Waals surface area (Å²) >= 11 is 0. The zero-order valence-electron chi connectivity index (χ0n) is 21.3. The average Bonchev–Trinajstić information content (AvgIpc) is 2.82. The van der Waals surface area contributed by atoms with E-state index in [-0.39, 0.29) is 25.8 Å². The van der Waals surface area contributed by atoms with Gasteiger partial charge >= 0.3 is 18.0 Å². The summed E-state index contributed by atoms with van der Waals surface area (Å²) in [6.07, 6.45) is 1.34. The van der Waals surface area contributed by atoms with Gasteiger partial charge in [-0.1, -0.05) is 26.7 Å². The summed E-state index contributed by atoms with van der Waals surface area (Å²) in [7, 11) is 0. The molecule has 0 saturated heterocycles. The first-order chi connectivity index (χ1) is 17.3. The van der Waals surface area contributed by atoms with Crippen molar-refractivity contribution >= 4 is 35.7 Å². The molecule has 0 aliphatic carbocycles. The van der Waals surface area contributed by atoms with Crippen LogP contribution >= 0.6 is 0 Å². The Morgan fingerprint density at radius 2 is 1.46 bits per heavy atom. The van der Waals surface area contributed by atoms with Crippen LogP contribution in [0.2, 0.25) is 0 Å². The van der Waals surface area contributed by atoms with Gasteiger partial charge in [-0.2, -0.15) is 0 Å². The van der Waals surface area contributed by atoms with E-state index in [4.69, 9.17) is 17.2 Å². The fourth-order valence-electron chi connectivity index (χ4n) is 3.29. The number of hydrogen-bond acceptors (Lipinski definition) is 8. The molecule has 0 aromatic carbocycles. The summed E-state index contributed by atoms with van der Waals surface area (Å²) in [6.45, 7) is 3.92. The Morgan fingerprint density at radius 1 is 0.838 bits per heavy atom. The highest BCUT2D eigenvalue weighted by Gasteiger charge is 2.33. The zero-order chi connectivity index (χ0) is 28.5. The number of carboxylic acid groups (broad SMARTS) is 2. The monoisotopic (exact) mass is 531 g/mol. The zero-order valence-corrected chi connectivity index (χ0v) is 21.3. The van der Waals surface area contributed by atoms with Crippen molar-refractivity contribution in [2.24, 2.45) is 23.1 Å². The van der Waals surface area contributed by atoms with Crippen LogP contribution in [-0.2, 0) is 24.0 Å². The van der Waals surface area contributed by atoms with Crippen LogP contribution < -0.4 is 38.5 Å². The van der Waals surface area contributed by atoms with E-state index in [9.17, 15) is 39.0 Å². The Bertz CT molecular complexity index is 795. The van der Waals surface area contributed by atoms with Crippen molar-refractivity contribution in [1.82, 2.24) is 21.3 Å². The Kier molecular flexibility index (Phi) is 16.2. The van der Waals surface area contributed by atoms with Gasteiger partial charge in [-0.05, 0) is 38.1 Å². The Hall–Kier alpha value is -3.46. The Labute approximate surface area is 215 Å². The molecule has 0 fully saturated rings. The second-order valence-corrected chi connectivity index (χ2v) is 8.75. The molecule has 0 rings (SSSR count). The lowest BCUT2D eigenvalue weighted by atomic mass is 9.97. The lowest BCUT2D eigenvalue weighted by Gasteiger charge is -2.27. The number of nitrogens with two attached hydrogens (primary N) is 3. The fraction of sp³-hybridized carbons (Fsp3) is 0.727. The molecule has 0 aromatic rings. The van der Waals surface area contributed by atoms with Gasteiger partial charge in [-0.15, -0.1) is 0 Å². The summed E-state index contributed by atoms with van der Waals surface area (Å²) in [5.41, 5.74) is 16.2. The molecule has 15 nitrogen and oxygen atoms in total. The Morgan fingerprint density at radius 3 is 1.97 bits per heavy atom. The summed E-state index contributed by atoms with van der Waals surface area (Å²) in [4.78, 5) is 72.0. The number of primary amides is 1. The van der Waals surface area contributed by atoms with Crippen LogP contribution in [0.1, 0.15) is 58.8 Å². The number of carboxylic acids is 2. The van der Waals surface area contributed by atoms with E-state index in [2.05, 4.69) is 21.3 Å². The molecular formula is C22H41N7O8. The summed E-state index contributed by atoms with van der Waals surface area (Å²) in [5.74, 6) is -5.59. The summed E-state index contributed by atoms with van der Waals surface area (Å²) in [5, 5.41) is 28.1. The van der Waals surface area contributed by atoms with Gasteiger partial charge in [0.2, 0.25) is 17.7 Å². The quantitative estimate of drug-likeness (QED) is 0.0823. The molecule has 15 heteroatoms. The SMILES string of the molecule is CC[C@H](C)[C@H](NC(=O)[C@H](CC(=O)O)NC(=O)[C@@H](N)CCCCN)C(=O)N[C@@H](CCCNC(N)=O)C(=O)O. The number of rotatable bonds is 19. The molecule has 0 saturated carbocycles. The molecule has 0 heterocycles. The number of amides is 5. The van der Waals surface area contributed by atoms with Gasteiger partial charge in [0.05, 0.1) is 12.5 Å². The van der Waals surface area contributed by atoms with Gasteiger partial charge in [0.15, 0.2) is 0 Å². The number of unbranched alkanes of at least 4 members (excludes halogenated alkanes) is 1. The van der Waals surface area contributed by atoms with Crippen LogP contribution in [0.5, 0.6) is 0 Å². The lowest BCUT2D eigenvalue weighted by molar-refractivity contribution is -0.143. The van der Waals surface area contributed by atoms with E-state index in [0.29, 0.717) is 25.8 Å². The second kappa shape index (κ2) is 17.9. The molecule has 0 radical (unpaired) electrons. The van der Waals surface area contributed by atoms with Crippen molar-refractivity contribution in [1.29, 1.82) is 0 Å². The van der Waals surface area contributed by atoms with E-state index in [0.717, 1.165) is 0 Å². The van der Waals surface area contributed by atoms with Crippen molar-refractivity contribution in [3.8, 4) is 0 Å². The van der Waals surface area contributed by atoms with Crippen molar-refractivity contribution in [3.05, 3.63) is 0 Å². The maximum absolute atomic E-state index is 12.9. The number of nitrogens with one attached hydrogen (secondary N) is 4. The molecule has 0 aliphatic rings. The first kappa shape index (κ1) is 33.5. The molecule has 0 aromatic heterocycles. The number of aliphatic carboxylic acids is 2. The predicted octanol–water partition coefficient (Wildman–Crippen LogP) is -2.05. The molecule has 5 amide bonds. The number of urea groups is 1. The van der Waals surface area contributed by atoms with Crippen LogP contribution in [0.15, 0.2) is 0 Å². The minimum atomic E-state index is -1.51. The van der Waals surface area contributed by atoms with Crippen LogP contribution in [0.4, 0.5) is 4.79 Å². The third-order valence-electron chi connectivity index (χ3n) is 5.69. The van der Waals surface area contributed by atoms with E-state index in [1.54, 1.807) is 13.8 Å². The van der Waals surface area contributed by atoms with E-state index < -0.39 is 72.2 Å². The van der Waals surface area contributed by atoms with Crippen molar-refractivity contribution in [2.75, 3.05) is 13.1 Å². The van der Waals surface area contributed by atoms with Gasteiger partial charge < -0.3 is 48.7 Å². The van der Waals surface area contributed by atoms with Crippen LogP contribution in [-0.4, -0.2) is 83.2 Å². The van der Waals surface area contributed by atoms with Gasteiger partial charge in [-0.3, -0.25) is 19.2 Å². The number of hydrogen-bond donors (Lipinski definition) is 9. The molecule has 212 valence electrons. The molecule has 0 aliphatic heterocycles. The maximum atomic E-state index is 12.9. The highest BCUT2D eigenvalue weighted by atomic mass is 16.4. The van der Waals surface area contributed by atoms with Crippen LogP contribution in [0.25, 0.3) is 0 Å². The normalized spacial score (nSPS) is 14.8. The summed E-state index contributed by atoms with van der Waals surface area (Å²) < 4.78 is 0. The molecule has 0 spiro atoms. The van der Waals surface area contributed by atoms with Gasteiger partial charge in [0.1, 0.15) is 18.1 Å². The third kappa shape index (κ3) is 14.0. The second-order valence-electron chi connectivity index (χ2n) is 8.75. The topological polar surface area (TPSA) is 269 Å². The largest absolute Gasteiger partial charge is 0.481 e. The highest BCUT2D eigenvalue weighted by Crippen LogP contribution is 2.11. The molecule has 0 bridgehead atoms. The molecule has 12 N–H and O–H groups in total. The molecule has 0 unspecified atom stereocenters. The molecule has 5 atom stereocenters.